The Morgan fingerprint density at radius 1 is 1.19 bits per heavy atom. The Morgan fingerprint density at radius 2 is 1.96 bits per heavy atom. The Morgan fingerprint density at radius 3 is 2.73 bits per heavy atom. The van der Waals surface area contributed by atoms with Crippen LogP contribution in [-0.2, 0) is 11.2 Å². The standard InChI is InChI=1S/C20H18FN3O2/c1-2-13-5-3-4-6-17(13)24-12-15(11-18(24)25)20-22-19(23-26-20)14-7-9-16(21)10-8-14/h3-10,15H,2,11-12H2,1H3. The van der Waals surface area contributed by atoms with Crippen molar-refractivity contribution < 1.29 is 13.7 Å². The first-order valence-corrected chi connectivity index (χ1v) is 8.63. The average Bonchev–Trinajstić information content (AvgIpc) is 3.29. The van der Waals surface area contributed by atoms with Gasteiger partial charge in [-0.05, 0) is 42.3 Å². The van der Waals surface area contributed by atoms with Gasteiger partial charge in [-0.3, -0.25) is 4.79 Å². The summed E-state index contributed by atoms with van der Waals surface area (Å²) in [5.74, 6) is 0.435. The predicted octanol–water partition coefficient (Wildman–Crippen LogP) is 3.96. The van der Waals surface area contributed by atoms with Crippen molar-refractivity contribution in [3.8, 4) is 11.4 Å². The minimum atomic E-state index is -0.316. The molecule has 5 nitrogen and oxygen atoms in total. The first kappa shape index (κ1) is 16.4. The van der Waals surface area contributed by atoms with E-state index < -0.39 is 0 Å². The number of rotatable bonds is 4. The number of carbonyl (C=O) groups excluding carboxylic acids is 1. The minimum Gasteiger partial charge on any atom is -0.339 e. The number of amides is 1. The second-order valence-corrected chi connectivity index (χ2v) is 6.35. The van der Waals surface area contributed by atoms with Crippen LogP contribution in [0, 0.1) is 5.82 Å². The molecule has 3 aromatic rings. The van der Waals surface area contributed by atoms with Crippen LogP contribution in [0.2, 0.25) is 0 Å². The molecule has 132 valence electrons. The molecule has 1 saturated heterocycles. The van der Waals surface area contributed by atoms with E-state index in [1.807, 2.05) is 24.3 Å². The van der Waals surface area contributed by atoms with Gasteiger partial charge in [-0.2, -0.15) is 4.98 Å². The Labute approximate surface area is 150 Å². The molecular formula is C20H18FN3O2. The van der Waals surface area contributed by atoms with Gasteiger partial charge in [0.15, 0.2) is 0 Å². The van der Waals surface area contributed by atoms with E-state index in [2.05, 4.69) is 17.1 Å². The molecule has 0 aliphatic carbocycles. The summed E-state index contributed by atoms with van der Waals surface area (Å²) in [6.07, 6.45) is 1.20. The molecule has 26 heavy (non-hydrogen) atoms. The van der Waals surface area contributed by atoms with Crippen molar-refractivity contribution in [3.05, 3.63) is 65.8 Å². The summed E-state index contributed by atoms with van der Waals surface area (Å²) in [5.41, 5.74) is 2.76. The lowest BCUT2D eigenvalue weighted by Crippen LogP contribution is -2.25. The number of halogens is 1. The molecule has 1 aliphatic heterocycles. The zero-order valence-electron chi connectivity index (χ0n) is 14.4. The van der Waals surface area contributed by atoms with Crippen LogP contribution in [0.5, 0.6) is 0 Å². The zero-order valence-corrected chi connectivity index (χ0v) is 14.4. The molecule has 4 rings (SSSR count). The summed E-state index contributed by atoms with van der Waals surface area (Å²) in [6.45, 7) is 2.59. The van der Waals surface area contributed by atoms with Crippen LogP contribution in [0.3, 0.4) is 0 Å². The normalized spacial score (nSPS) is 17.1. The average molecular weight is 351 g/mol. The van der Waals surface area contributed by atoms with Crippen molar-refractivity contribution in [2.75, 3.05) is 11.4 Å². The maximum absolute atomic E-state index is 13.1. The molecule has 0 bridgehead atoms. The van der Waals surface area contributed by atoms with E-state index >= 15 is 0 Å². The topological polar surface area (TPSA) is 59.2 Å². The van der Waals surface area contributed by atoms with Gasteiger partial charge in [0.05, 0.1) is 5.92 Å². The maximum Gasteiger partial charge on any atom is 0.232 e. The molecule has 1 amide bonds. The van der Waals surface area contributed by atoms with Crippen molar-refractivity contribution >= 4 is 11.6 Å². The third-order valence-electron chi connectivity index (χ3n) is 4.68. The lowest BCUT2D eigenvalue weighted by Gasteiger charge is -2.19. The van der Waals surface area contributed by atoms with E-state index in [4.69, 9.17) is 4.52 Å². The fourth-order valence-electron chi connectivity index (χ4n) is 3.30. The van der Waals surface area contributed by atoms with E-state index in [9.17, 15) is 9.18 Å². The third kappa shape index (κ3) is 2.98. The van der Waals surface area contributed by atoms with Gasteiger partial charge in [-0.1, -0.05) is 30.3 Å². The van der Waals surface area contributed by atoms with Crippen molar-refractivity contribution in [1.29, 1.82) is 0 Å². The highest BCUT2D eigenvalue weighted by atomic mass is 19.1. The number of benzene rings is 2. The van der Waals surface area contributed by atoms with Gasteiger partial charge in [0.2, 0.25) is 17.6 Å². The van der Waals surface area contributed by atoms with Gasteiger partial charge in [0, 0.05) is 24.2 Å². The van der Waals surface area contributed by atoms with E-state index in [-0.39, 0.29) is 17.6 Å². The molecular weight excluding hydrogens is 333 g/mol. The van der Waals surface area contributed by atoms with Gasteiger partial charge in [0.25, 0.3) is 0 Å². The zero-order chi connectivity index (χ0) is 18.1. The largest absolute Gasteiger partial charge is 0.339 e. The summed E-state index contributed by atoms with van der Waals surface area (Å²) < 4.78 is 18.4. The summed E-state index contributed by atoms with van der Waals surface area (Å²) in [7, 11) is 0. The van der Waals surface area contributed by atoms with Gasteiger partial charge < -0.3 is 9.42 Å². The number of nitrogens with zero attached hydrogens (tertiary/aromatic N) is 3. The summed E-state index contributed by atoms with van der Waals surface area (Å²) >= 11 is 0. The van der Waals surface area contributed by atoms with E-state index in [0.29, 0.717) is 30.2 Å². The Kier molecular flexibility index (Phi) is 4.24. The molecule has 6 heteroatoms. The van der Waals surface area contributed by atoms with Crippen LogP contribution >= 0.6 is 0 Å². The second-order valence-electron chi connectivity index (χ2n) is 6.35. The SMILES string of the molecule is CCc1ccccc1N1CC(c2nc(-c3ccc(F)cc3)no2)CC1=O. The fourth-order valence-corrected chi connectivity index (χ4v) is 3.30. The minimum absolute atomic E-state index is 0.0532. The van der Waals surface area contributed by atoms with Crippen molar-refractivity contribution in [3.63, 3.8) is 0 Å². The number of carbonyl (C=O) groups is 1. The number of anilines is 1. The molecule has 0 spiro atoms. The molecule has 1 unspecified atom stereocenters. The molecule has 1 aliphatic rings. The molecule has 1 atom stereocenters. The van der Waals surface area contributed by atoms with Crippen LogP contribution in [-0.4, -0.2) is 22.6 Å². The van der Waals surface area contributed by atoms with Crippen LogP contribution < -0.4 is 4.90 Å². The van der Waals surface area contributed by atoms with Crippen molar-refractivity contribution in [2.45, 2.75) is 25.7 Å². The van der Waals surface area contributed by atoms with Gasteiger partial charge >= 0.3 is 0 Å². The van der Waals surface area contributed by atoms with Crippen LogP contribution in [0.1, 0.15) is 30.7 Å². The molecule has 2 heterocycles. The lowest BCUT2D eigenvalue weighted by atomic mass is 10.1. The molecule has 2 aromatic carbocycles. The highest BCUT2D eigenvalue weighted by Gasteiger charge is 2.35. The number of hydrogen-bond donors (Lipinski definition) is 0. The van der Waals surface area contributed by atoms with Crippen molar-refractivity contribution in [2.24, 2.45) is 0 Å². The van der Waals surface area contributed by atoms with Gasteiger partial charge in [0.1, 0.15) is 5.82 Å². The number of aryl methyl sites for hydroxylation is 1. The van der Waals surface area contributed by atoms with Crippen molar-refractivity contribution in [1.82, 2.24) is 10.1 Å². The fraction of sp³-hybridized carbons (Fsp3) is 0.250. The first-order valence-electron chi connectivity index (χ1n) is 8.63. The summed E-state index contributed by atoms with van der Waals surface area (Å²) in [6, 6.07) is 13.8. The predicted molar refractivity (Wildman–Crippen MR) is 95.2 cm³/mol. The highest BCUT2D eigenvalue weighted by Crippen LogP contribution is 2.33. The van der Waals surface area contributed by atoms with Gasteiger partial charge in [-0.25, -0.2) is 4.39 Å². The van der Waals surface area contributed by atoms with E-state index in [1.54, 1.807) is 17.0 Å². The molecule has 0 N–H and O–H groups in total. The summed E-state index contributed by atoms with van der Waals surface area (Å²) in [5, 5.41) is 3.98. The smallest absolute Gasteiger partial charge is 0.232 e. The van der Waals surface area contributed by atoms with E-state index in [1.165, 1.54) is 12.1 Å². The maximum atomic E-state index is 13.1. The molecule has 1 aromatic heterocycles. The number of para-hydroxylation sites is 1. The molecule has 0 radical (unpaired) electrons. The second kappa shape index (κ2) is 6.71. The summed E-state index contributed by atoms with van der Waals surface area (Å²) in [4.78, 5) is 18.8. The van der Waals surface area contributed by atoms with E-state index in [0.717, 1.165) is 17.7 Å². The highest BCUT2D eigenvalue weighted by molar-refractivity contribution is 5.97. The van der Waals surface area contributed by atoms with Gasteiger partial charge in [-0.15, -0.1) is 0 Å². The molecule has 1 fully saturated rings. The van der Waals surface area contributed by atoms with Crippen LogP contribution in [0.15, 0.2) is 53.1 Å². The first-order chi connectivity index (χ1) is 12.7. The number of hydrogen-bond acceptors (Lipinski definition) is 4. The lowest BCUT2D eigenvalue weighted by molar-refractivity contribution is -0.117. The Hall–Kier alpha value is -3.02. The Balaban J connectivity index is 1.57. The monoisotopic (exact) mass is 351 g/mol. The number of aromatic nitrogens is 2. The van der Waals surface area contributed by atoms with Crippen LogP contribution in [0.25, 0.3) is 11.4 Å². The Bertz CT molecular complexity index is 936. The van der Waals surface area contributed by atoms with Crippen LogP contribution in [0.4, 0.5) is 10.1 Å². The third-order valence-corrected chi connectivity index (χ3v) is 4.68. The molecule has 0 saturated carbocycles. The quantitative estimate of drug-likeness (QED) is 0.714.